The SMILES string of the molecule is COc1ccc(C)cc1C(=O)N[C@@H](Cc1c[nH]c2ccccc12)C(=O)O. The first-order valence-electron chi connectivity index (χ1n) is 8.23. The number of aliphatic carboxylic acids is 1. The number of hydrogen-bond donors (Lipinski definition) is 3. The van der Waals surface area contributed by atoms with Gasteiger partial charge in [0.25, 0.3) is 5.91 Å². The van der Waals surface area contributed by atoms with Crippen LogP contribution in [0.3, 0.4) is 0 Å². The van der Waals surface area contributed by atoms with E-state index < -0.39 is 17.9 Å². The number of carbonyl (C=O) groups is 2. The number of rotatable bonds is 6. The maximum absolute atomic E-state index is 12.6. The number of aromatic amines is 1. The lowest BCUT2D eigenvalue weighted by Gasteiger charge is -2.16. The third kappa shape index (κ3) is 3.54. The number of para-hydroxylation sites is 1. The molecule has 0 saturated heterocycles. The minimum Gasteiger partial charge on any atom is -0.496 e. The van der Waals surface area contributed by atoms with E-state index in [1.54, 1.807) is 18.3 Å². The predicted molar refractivity (Wildman–Crippen MR) is 98.6 cm³/mol. The van der Waals surface area contributed by atoms with E-state index in [1.807, 2.05) is 37.3 Å². The molecule has 2 aromatic carbocycles. The van der Waals surface area contributed by atoms with Crippen LogP contribution in [0, 0.1) is 6.92 Å². The molecule has 3 rings (SSSR count). The van der Waals surface area contributed by atoms with Crippen LogP contribution >= 0.6 is 0 Å². The fourth-order valence-electron chi connectivity index (χ4n) is 2.96. The molecule has 0 bridgehead atoms. The Bertz CT molecular complexity index is 961. The lowest BCUT2D eigenvalue weighted by atomic mass is 10.0. The molecule has 0 fully saturated rings. The zero-order valence-corrected chi connectivity index (χ0v) is 14.6. The minimum atomic E-state index is -1.09. The van der Waals surface area contributed by atoms with Gasteiger partial charge >= 0.3 is 5.97 Å². The highest BCUT2D eigenvalue weighted by molar-refractivity contribution is 5.99. The number of nitrogens with one attached hydrogen (secondary N) is 2. The van der Waals surface area contributed by atoms with Gasteiger partial charge in [-0.25, -0.2) is 4.79 Å². The summed E-state index contributed by atoms with van der Waals surface area (Å²) in [6.07, 6.45) is 1.96. The largest absolute Gasteiger partial charge is 0.496 e. The standard InChI is InChI=1S/C20H20N2O4/c1-12-7-8-18(26-2)15(9-12)19(23)22-17(20(24)25)10-13-11-21-16-6-4-3-5-14(13)16/h3-9,11,17,21H,10H2,1-2H3,(H,22,23)(H,24,25)/t17-/m0/s1. The van der Waals surface area contributed by atoms with Crippen LogP contribution < -0.4 is 10.1 Å². The van der Waals surface area contributed by atoms with Crippen molar-refractivity contribution in [1.82, 2.24) is 10.3 Å². The van der Waals surface area contributed by atoms with Gasteiger partial charge in [0.15, 0.2) is 0 Å². The van der Waals surface area contributed by atoms with E-state index in [2.05, 4.69) is 10.3 Å². The summed E-state index contributed by atoms with van der Waals surface area (Å²) in [7, 11) is 1.47. The van der Waals surface area contributed by atoms with Crippen LogP contribution in [-0.2, 0) is 11.2 Å². The van der Waals surface area contributed by atoms with Crippen molar-refractivity contribution in [2.24, 2.45) is 0 Å². The molecule has 3 aromatic rings. The van der Waals surface area contributed by atoms with Gasteiger partial charge in [0.2, 0.25) is 0 Å². The highest BCUT2D eigenvalue weighted by Crippen LogP contribution is 2.21. The molecule has 0 radical (unpaired) electrons. The van der Waals surface area contributed by atoms with Crippen molar-refractivity contribution in [1.29, 1.82) is 0 Å². The fraction of sp³-hybridized carbons (Fsp3) is 0.200. The quantitative estimate of drug-likeness (QED) is 0.636. The Morgan fingerprint density at radius 3 is 2.73 bits per heavy atom. The summed E-state index contributed by atoms with van der Waals surface area (Å²) in [6, 6.07) is 11.8. The van der Waals surface area contributed by atoms with Crippen LogP contribution in [-0.4, -0.2) is 35.1 Å². The average molecular weight is 352 g/mol. The highest BCUT2D eigenvalue weighted by Gasteiger charge is 2.24. The molecular formula is C20H20N2O4. The van der Waals surface area contributed by atoms with Crippen molar-refractivity contribution in [3.8, 4) is 5.75 Å². The Morgan fingerprint density at radius 1 is 1.23 bits per heavy atom. The van der Waals surface area contributed by atoms with E-state index >= 15 is 0 Å². The monoisotopic (exact) mass is 352 g/mol. The first-order chi connectivity index (χ1) is 12.5. The summed E-state index contributed by atoms with van der Waals surface area (Å²) in [4.78, 5) is 27.4. The van der Waals surface area contributed by atoms with E-state index in [4.69, 9.17) is 4.74 Å². The van der Waals surface area contributed by atoms with Gasteiger partial charge < -0.3 is 20.1 Å². The first kappa shape index (κ1) is 17.5. The average Bonchev–Trinajstić information content (AvgIpc) is 3.04. The number of methoxy groups -OCH3 is 1. The topological polar surface area (TPSA) is 91.4 Å². The zero-order valence-electron chi connectivity index (χ0n) is 14.6. The van der Waals surface area contributed by atoms with E-state index in [9.17, 15) is 14.7 Å². The molecule has 6 nitrogen and oxygen atoms in total. The van der Waals surface area contributed by atoms with Crippen LogP contribution in [0.5, 0.6) is 5.75 Å². The number of carbonyl (C=O) groups excluding carboxylic acids is 1. The van der Waals surface area contributed by atoms with Crippen LogP contribution in [0.15, 0.2) is 48.7 Å². The fourth-order valence-corrected chi connectivity index (χ4v) is 2.96. The van der Waals surface area contributed by atoms with Crippen molar-refractivity contribution >= 4 is 22.8 Å². The molecule has 0 aliphatic heterocycles. The zero-order chi connectivity index (χ0) is 18.7. The van der Waals surface area contributed by atoms with Crippen LogP contribution in [0.4, 0.5) is 0 Å². The number of H-pyrrole nitrogens is 1. The van der Waals surface area contributed by atoms with E-state index in [1.165, 1.54) is 7.11 Å². The van der Waals surface area contributed by atoms with Crippen LogP contribution in [0.1, 0.15) is 21.5 Å². The molecule has 1 heterocycles. The van der Waals surface area contributed by atoms with Crippen molar-refractivity contribution in [2.75, 3.05) is 7.11 Å². The molecule has 0 aliphatic carbocycles. The maximum Gasteiger partial charge on any atom is 0.326 e. The van der Waals surface area contributed by atoms with E-state index in [0.717, 1.165) is 22.0 Å². The molecule has 1 atom stereocenters. The van der Waals surface area contributed by atoms with Gasteiger partial charge in [-0.05, 0) is 30.7 Å². The maximum atomic E-state index is 12.6. The molecule has 134 valence electrons. The second-order valence-electron chi connectivity index (χ2n) is 6.13. The number of carboxylic acids is 1. The minimum absolute atomic E-state index is 0.180. The number of benzene rings is 2. The Hall–Kier alpha value is -3.28. The molecule has 0 saturated carbocycles. The Kier molecular flexibility index (Phi) is 4.93. The number of fused-ring (bicyclic) bond motifs is 1. The van der Waals surface area contributed by atoms with Crippen LogP contribution in [0.2, 0.25) is 0 Å². The molecule has 1 amide bonds. The van der Waals surface area contributed by atoms with Crippen molar-refractivity contribution in [3.05, 3.63) is 65.4 Å². The van der Waals surface area contributed by atoms with Crippen molar-refractivity contribution in [2.45, 2.75) is 19.4 Å². The number of aryl methyl sites for hydroxylation is 1. The predicted octanol–water partition coefficient (Wildman–Crippen LogP) is 2.91. The van der Waals surface area contributed by atoms with Gasteiger partial charge in [-0.1, -0.05) is 29.8 Å². The second-order valence-corrected chi connectivity index (χ2v) is 6.13. The summed E-state index contributed by atoms with van der Waals surface area (Å²) in [5.74, 6) is -1.16. The first-order valence-corrected chi connectivity index (χ1v) is 8.23. The number of aromatic nitrogens is 1. The van der Waals surface area contributed by atoms with Gasteiger partial charge in [-0.15, -0.1) is 0 Å². The van der Waals surface area contributed by atoms with E-state index in [-0.39, 0.29) is 6.42 Å². The summed E-state index contributed by atoms with van der Waals surface area (Å²) in [5.41, 5.74) is 2.97. The number of amides is 1. The Balaban J connectivity index is 1.84. The van der Waals surface area contributed by atoms with E-state index in [0.29, 0.717) is 11.3 Å². The summed E-state index contributed by atoms with van der Waals surface area (Å²) >= 11 is 0. The highest BCUT2D eigenvalue weighted by atomic mass is 16.5. The summed E-state index contributed by atoms with van der Waals surface area (Å²) in [5, 5.41) is 13.1. The van der Waals surface area contributed by atoms with Crippen molar-refractivity contribution in [3.63, 3.8) is 0 Å². The number of hydrogen-bond acceptors (Lipinski definition) is 3. The number of carboxylic acid groups (broad SMARTS) is 1. The molecule has 3 N–H and O–H groups in total. The molecular weight excluding hydrogens is 332 g/mol. The van der Waals surface area contributed by atoms with Gasteiger partial charge in [0, 0.05) is 23.5 Å². The van der Waals surface area contributed by atoms with Gasteiger partial charge in [0.1, 0.15) is 11.8 Å². The van der Waals surface area contributed by atoms with Crippen LogP contribution in [0.25, 0.3) is 10.9 Å². The molecule has 0 spiro atoms. The van der Waals surface area contributed by atoms with Gasteiger partial charge in [-0.2, -0.15) is 0 Å². The molecule has 0 aliphatic rings. The lowest BCUT2D eigenvalue weighted by molar-refractivity contribution is -0.139. The number of ether oxygens (including phenoxy) is 1. The summed E-state index contributed by atoms with van der Waals surface area (Å²) in [6.45, 7) is 1.86. The molecule has 6 heteroatoms. The third-order valence-corrected chi connectivity index (χ3v) is 4.30. The van der Waals surface area contributed by atoms with Gasteiger partial charge in [-0.3, -0.25) is 4.79 Å². The smallest absolute Gasteiger partial charge is 0.326 e. The lowest BCUT2D eigenvalue weighted by Crippen LogP contribution is -2.42. The molecule has 26 heavy (non-hydrogen) atoms. The second kappa shape index (κ2) is 7.31. The van der Waals surface area contributed by atoms with Crippen molar-refractivity contribution < 1.29 is 19.4 Å². The van der Waals surface area contributed by atoms with Gasteiger partial charge in [0.05, 0.1) is 12.7 Å². The molecule has 1 aromatic heterocycles. The third-order valence-electron chi connectivity index (χ3n) is 4.30. The normalized spacial score (nSPS) is 11.9. The Morgan fingerprint density at radius 2 is 2.00 bits per heavy atom. The summed E-state index contributed by atoms with van der Waals surface area (Å²) < 4.78 is 5.21. The molecule has 0 unspecified atom stereocenters. The Labute approximate surface area is 150 Å².